The Bertz CT molecular complexity index is 422. The van der Waals surface area contributed by atoms with Crippen LogP contribution in [0.4, 0.5) is 5.82 Å². The zero-order chi connectivity index (χ0) is 13.0. The number of aliphatic hydroxyl groups excluding tert-OH is 1. The summed E-state index contributed by atoms with van der Waals surface area (Å²) in [6.45, 7) is 0. The fourth-order valence-electron chi connectivity index (χ4n) is 2.24. The maximum atomic E-state index is 12.0. The molecule has 0 bridgehead atoms. The molecule has 1 fully saturated rings. The van der Waals surface area contributed by atoms with Gasteiger partial charge in [0.2, 0.25) is 0 Å². The van der Waals surface area contributed by atoms with Crippen molar-refractivity contribution in [3.05, 3.63) is 23.9 Å². The van der Waals surface area contributed by atoms with E-state index in [1.165, 1.54) is 0 Å². The fourth-order valence-corrected chi connectivity index (χ4v) is 2.24. The van der Waals surface area contributed by atoms with Crippen LogP contribution in [-0.4, -0.2) is 35.2 Å². The summed E-state index contributed by atoms with van der Waals surface area (Å²) in [5.74, 6) is 0.506. The number of pyridine rings is 1. The summed E-state index contributed by atoms with van der Waals surface area (Å²) >= 11 is 0. The number of rotatable bonds is 3. The first-order chi connectivity index (χ1) is 8.70. The minimum absolute atomic E-state index is 0.127. The lowest BCUT2D eigenvalue weighted by atomic mass is 9.92. The highest BCUT2D eigenvalue weighted by atomic mass is 16.3. The lowest BCUT2D eigenvalue weighted by Gasteiger charge is -2.28. The van der Waals surface area contributed by atoms with Crippen molar-refractivity contribution in [3.8, 4) is 0 Å². The molecule has 1 aliphatic carbocycles. The summed E-state index contributed by atoms with van der Waals surface area (Å²) in [7, 11) is 1.76. The topological polar surface area (TPSA) is 74.2 Å². The first kappa shape index (κ1) is 12.8. The summed E-state index contributed by atoms with van der Waals surface area (Å²) in [5.41, 5.74) is 0.562. The number of nitrogens with one attached hydrogen (secondary N) is 2. The fraction of sp³-hybridized carbons (Fsp3) is 0.538. The van der Waals surface area contributed by atoms with E-state index in [4.69, 9.17) is 0 Å². The normalized spacial score (nSPS) is 23.4. The predicted molar refractivity (Wildman–Crippen MR) is 69.5 cm³/mol. The Hall–Kier alpha value is -1.62. The van der Waals surface area contributed by atoms with Crippen LogP contribution in [0, 0.1) is 0 Å². The molecule has 1 amide bonds. The maximum absolute atomic E-state index is 12.0. The van der Waals surface area contributed by atoms with Gasteiger partial charge in [0, 0.05) is 18.8 Å². The van der Waals surface area contributed by atoms with Gasteiger partial charge >= 0.3 is 0 Å². The van der Waals surface area contributed by atoms with E-state index in [0.717, 1.165) is 25.7 Å². The molecule has 1 aromatic rings. The molecule has 1 heterocycles. The highest BCUT2D eigenvalue weighted by Crippen LogP contribution is 2.19. The number of nitrogens with zero attached hydrogens (tertiary/aromatic N) is 1. The molecule has 2 atom stereocenters. The number of amides is 1. The number of aliphatic hydroxyl groups is 1. The Balaban J connectivity index is 2.02. The molecule has 1 aromatic heterocycles. The van der Waals surface area contributed by atoms with Gasteiger partial charge in [-0.1, -0.05) is 12.8 Å². The van der Waals surface area contributed by atoms with E-state index in [0.29, 0.717) is 11.4 Å². The Morgan fingerprint density at radius 3 is 2.94 bits per heavy atom. The molecule has 5 nitrogen and oxygen atoms in total. The smallest absolute Gasteiger partial charge is 0.251 e. The average Bonchev–Trinajstić information content (AvgIpc) is 2.41. The maximum Gasteiger partial charge on any atom is 0.251 e. The zero-order valence-corrected chi connectivity index (χ0v) is 10.5. The SMILES string of the molecule is CNc1cc(C(=O)NC2CCCCC2O)ccn1. The van der Waals surface area contributed by atoms with Crippen molar-refractivity contribution in [1.82, 2.24) is 10.3 Å². The van der Waals surface area contributed by atoms with Crippen LogP contribution in [0.25, 0.3) is 0 Å². The van der Waals surface area contributed by atoms with Crippen LogP contribution in [0.1, 0.15) is 36.0 Å². The molecule has 0 radical (unpaired) electrons. The van der Waals surface area contributed by atoms with E-state index < -0.39 is 6.10 Å². The van der Waals surface area contributed by atoms with Crippen LogP contribution >= 0.6 is 0 Å². The van der Waals surface area contributed by atoms with Gasteiger partial charge < -0.3 is 15.7 Å². The predicted octanol–water partition coefficient (Wildman–Crippen LogP) is 1.16. The highest BCUT2D eigenvalue weighted by Gasteiger charge is 2.24. The third kappa shape index (κ3) is 2.98. The molecular formula is C13H19N3O2. The van der Waals surface area contributed by atoms with Crippen LogP contribution in [0.5, 0.6) is 0 Å². The van der Waals surface area contributed by atoms with E-state index in [2.05, 4.69) is 15.6 Å². The number of anilines is 1. The van der Waals surface area contributed by atoms with Crippen molar-refractivity contribution in [2.45, 2.75) is 37.8 Å². The molecule has 0 saturated heterocycles. The monoisotopic (exact) mass is 249 g/mol. The average molecular weight is 249 g/mol. The van der Waals surface area contributed by atoms with Crippen molar-refractivity contribution in [2.24, 2.45) is 0 Å². The lowest BCUT2D eigenvalue weighted by molar-refractivity contribution is 0.0717. The van der Waals surface area contributed by atoms with Crippen LogP contribution in [0.3, 0.4) is 0 Å². The van der Waals surface area contributed by atoms with Crippen molar-refractivity contribution >= 4 is 11.7 Å². The highest BCUT2D eigenvalue weighted by molar-refractivity contribution is 5.95. The molecule has 18 heavy (non-hydrogen) atoms. The number of hydrogen-bond donors (Lipinski definition) is 3. The second-order valence-electron chi connectivity index (χ2n) is 4.61. The number of carbonyl (C=O) groups excluding carboxylic acids is 1. The summed E-state index contributed by atoms with van der Waals surface area (Å²) in [6, 6.07) is 3.24. The van der Waals surface area contributed by atoms with Gasteiger partial charge in [0.15, 0.2) is 0 Å². The molecule has 0 aromatic carbocycles. The number of carbonyl (C=O) groups is 1. The standard InChI is InChI=1S/C13H19N3O2/c1-14-12-8-9(6-7-15-12)13(18)16-10-4-2-3-5-11(10)17/h6-8,10-11,17H,2-5H2,1H3,(H,14,15)(H,16,18). The van der Waals surface area contributed by atoms with E-state index >= 15 is 0 Å². The van der Waals surface area contributed by atoms with E-state index in [1.807, 2.05) is 0 Å². The van der Waals surface area contributed by atoms with Crippen molar-refractivity contribution in [3.63, 3.8) is 0 Å². The molecule has 98 valence electrons. The quantitative estimate of drug-likeness (QED) is 0.751. The third-order valence-electron chi connectivity index (χ3n) is 3.32. The summed E-state index contributed by atoms with van der Waals surface area (Å²) in [6.07, 6.45) is 4.87. The molecule has 1 aliphatic rings. The third-order valence-corrected chi connectivity index (χ3v) is 3.32. The second kappa shape index (κ2) is 5.82. The number of aromatic nitrogens is 1. The van der Waals surface area contributed by atoms with Crippen molar-refractivity contribution < 1.29 is 9.90 Å². The minimum atomic E-state index is -0.423. The van der Waals surface area contributed by atoms with Crippen LogP contribution in [0.2, 0.25) is 0 Å². The second-order valence-corrected chi connectivity index (χ2v) is 4.61. The molecular weight excluding hydrogens is 230 g/mol. The number of hydrogen-bond acceptors (Lipinski definition) is 4. The Kier molecular flexibility index (Phi) is 4.15. The zero-order valence-electron chi connectivity index (χ0n) is 10.5. The van der Waals surface area contributed by atoms with E-state index in [-0.39, 0.29) is 11.9 Å². The van der Waals surface area contributed by atoms with Gasteiger partial charge in [-0.2, -0.15) is 0 Å². The van der Waals surface area contributed by atoms with Gasteiger partial charge in [-0.3, -0.25) is 4.79 Å². The van der Waals surface area contributed by atoms with Crippen molar-refractivity contribution in [2.75, 3.05) is 12.4 Å². The molecule has 2 unspecified atom stereocenters. The first-order valence-corrected chi connectivity index (χ1v) is 6.33. The minimum Gasteiger partial charge on any atom is -0.391 e. The first-order valence-electron chi connectivity index (χ1n) is 6.33. The molecule has 1 saturated carbocycles. The Labute approximate surface area is 107 Å². The molecule has 0 spiro atoms. The van der Waals surface area contributed by atoms with E-state index in [9.17, 15) is 9.90 Å². The molecule has 0 aliphatic heterocycles. The summed E-state index contributed by atoms with van der Waals surface area (Å²) in [4.78, 5) is 16.1. The van der Waals surface area contributed by atoms with Gasteiger partial charge in [0.05, 0.1) is 12.1 Å². The van der Waals surface area contributed by atoms with Crippen LogP contribution in [-0.2, 0) is 0 Å². The summed E-state index contributed by atoms with van der Waals surface area (Å²) < 4.78 is 0. The van der Waals surface area contributed by atoms with Gasteiger partial charge in [-0.15, -0.1) is 0 Å². The largest absolute Gasteiger partial charge is 0.391 e. The van der Waals surface area contributed by atoms with Crippen LogP contribution in [0.15, 0.2) is 18.3 Å². The Morgan fingerprint density at radius 2 is 2.22 bits per heavy atom. The van der Waals surface area contributed by atoms with Crippen LogP contribution < -0.4 is 10.6 Å². The van der Waals surface area contributed by atoms with Gasteiger partial charge in [0.1, 0.15) is 5.82 Å². The van der Waals surface area contributed by atoms with Gasteiger partial charge in [-0.25, -0.2) is 4.98 Å². The summed E-state index contributed by atoms with van der Waals surface area (Å²) in [5, 5.41) is 15.6. The van der Waals surface area contributed by atoms with Crippen molar-refractivity contribution in [1.29, 1.82) is 0 Å². The van der Waals surface area contributed by atoms with E-state index in [1.54, 1.807) is 25.4 Å². The van der Waals surface area contributed by atoms with Gasteiger partial charge in [0.25, 0.3) is 5.91 Å². The molecule has 5 heteroatoms. The lowest BCUT2D eigenvalue weighted by Crippen LogP contribution is -2.45. The molecule has 2 rings (SSSR count). The Morgan fingerprint density at radius 1 is 1.44 bits per heavy atom. The molecule has 3 N–H and O–H groups in total. The van der Waals surface area contributed by atoms with Gasteiger partial charge in [-0.05, 0) is 25.0 Å².